The highest BCUT2D eigenvalue weighted by molar-refractivity contribution is 5.82. The van der Waals surface area contributed by atoms with Gasteiger partial charge in [0.15, 0.2) is 11.5 Å². The van der Waals surface area contributed by atoms with E-state index in [2.05, 4.69) is 37.4 Å². The van der Waals surface area contributed by atoms with Gasteiger partial charge in [-0.05, 0) is 23.8 Å². The van der Waals surface area contributed by atoms with Gasteiger partial charge in [-0.25, -0.2) is 5.43 Å². The molecule has 29 heavy (non-hydrogen) atoms. The lowest BCUT2D eigenvalue weighted by Crippen LogP contribution is -2.46. The number of hydrogen-bond donors (Lipinski definition) is 1. The molecule has 1 N–H and O–H groups in total. The number of benzene rings is 1. The number of pyridine rings is 1. The molecule has 1 aromatic heterocycles. The molecule has 0 bridgehead atoms. The van der Waals surface area contributed by atoms with Crippen LogP contribution in [-0.4, -0.2) is 66.4 Å². The van der Waals surface area contributed by atoms with E-state index in [1.54, 1.807) is 18.6 Å². The van der Waals surface area contributed by atoms with Crippen LogP contribution in [0.4, 0.5) is 0 Å². The van der Waals surface area contributed by atoms with Crippen molar-refractivity contribution in [3.05, 3.63) is 53.9 Å². The van der Waals surface area contributed by atoms with Crippen molar-refractivity contribution in [3.8, 4) is 11.5 Å². The molecule has 4 rings (SSSR count). The van der Waals surface area contributed by atoms with E-state index in [0.717, 1.165) is 56.3 Å². The molecule has 0 unspecified atom stereocenters. The molecule has 2 aliphatic heterocycles. The number of nitrogens with zero attached hydrogens (tertiary/aromatic N) is 4. The molecule has 0 radical (unpaired) electrons. The van der Waals surface area contributed by atoms with Crippen molar-refractivity contribution in [1.82, 2.24) is 20.2 Å². The van der Waals surface area contributed by atoms with Crippen molar-refractivity contribution in [3.63, 3.8) is 0 Å². The second-order valence-electron chi connectivity index (χ2n) is 7.13. The highest BCUT2D eigenvalue weighted by atomic mass is 16.7. The van der Waals surface area contributed by atoms with Crippen LogP contribution in [0, 0.1) is 0 Å². The highest BCUT2D eigenvalue weighted by Gasteiger charge is 2.19. The number of amides is 1. The minimum Gasteiger partial charge on any atom is -0.454 e. The standard InChI is InChI=1S/C21H25N5O3/c27-21(24-23-14-18-2-1-6-22-13-18)5-7-25-8-10-26(11-9-25)15-17-3-4-19-20(12-17)29-16-28-19/h1-4,6,12-14H,5,7-11,15-16H2,(H,24,27). The van der Waals surface area contributed by atoms with Crippen LogP contribution in [0.25, 0.3) is 0 Å². The first-order valence-electron chi connectivity index (χ1n) is 9.81. The summed E-state index contributed by atoms with van der Waals surface area (Å²) in [7, 11) is 0. The van der Waals surface area contributed by atoms with Gasteiger partial charge < -0.3 is 14.4 Å². The zero-order chi connectivity index (χ0) is 19.9. The largest absolute Gasteiger partial charge is 0.454 e. The van der Waals surface area contributed by atoms with Gasteiger partial charge in [0.05, 0.1) is 6.21 Å². The zero-order valence-electron chi connectivity index (χ0n) is 16.3. The Kier molecular flexibility index (Phi) is 6.33. The fourth-order valence-electron chi connectivity index (χ4n) is 3.42. The Morgan fingerprint density at radius 2 is 1.97 bits per heavy atom. The summed E-state index contributed by atoms with van der Waals surface area (Å²) in [5.41, 5.74) is 4.66. The summed E-state index contributed by atoms with van der Waals surface area (Å²) in [4.78, 5) is 20.7. The lowest BCUT2D eigenvalue weighted by atomic mass is 10.1. The van der Waals surface area contributed by atoms with Gasteiger partial charge in [-0.1, -0.05) is 12.1 Å². The summed E-state index contributed by atoms with van der Waals surface area (Å²) in [6, 6.07) is 9.84. The lowest BCUT2D eigenvalue weighted by Gasteiger charge is -2.34. The lowest BCUT2D eigenvalue weighted by molar-refractivity contribution is -0.121. The van der Waals surface area contributed by atoms with Crippen molar-refractivity contribution in [1.29, 1.82) is 0 Å². The molecule has 0 spiro atoms. The van der Waals surface area contributed by atoms with Crippen molar-refractivity contribution < 1.29 is 14.3 Å². The molecule has 152 valence electrons. The van der Waals surface area contributed by atoms with Crippen molar-refractivity contribution in [2.75, 3.05) is 39.5 Å². The second kappa shape index (κ2) is 9.49. The monoisotopic (exact) mass is 395 g/mol. The molecule has 8 heteroatoms. The molecule has 0 atom stereocenters. The summed E-state index contributed by atoms with van der Waals surface area (Å²) in [6.07, 6.45) is 5.43. The Morgan fingerprint density at radius 3 is 2.79 bits per heavy atom. The quantitative estimate of drug-likeness (QED) is 0.565. The maximum atomic E-state index is 12.0. The van der Waals surface area contributed by atoms with Crippen LogP contribution in [0.2, 0.25) is 0 Å². The van der Waals surface area contributed by atoms with E-state index in [1.165, 1.54) is 5.56 Å². The molecule has 2 aromatic rings. The smallest absolute Gasteiger partial charge is 0.241 e. The number of carbonyl (C=O) groups excluding carboxylic acids is 1. The van der Waals surface area contributed by atoms with E-state index < -0.39 is 0 Å². The van der Waals surface area contributed by atoms with E-state index >= 15 is 0 Å². The number of hydrogen-bond acceptors (Lipinski definition) is 7. The van der Waals surface area contributed by atoms with E-state index in [0.29, 0.717) is 13.2 Å². The Balaban J connectivity index is 1.14. The Morgan fingerprint density at radius 1 is 1.14 bits per heavy atom. The number of rotatable bonds is 7. The van der Waals surface area contributed by atoms with Gasteiger partial charge in [0.25, 0.3) is 0 Å². The minimum absolute atomic E-state index is 0.0760. The van der Waals surface area contributed by atoms with Gasteiger partial charge in [-0.15, -0.1) is 0 Å². The first kappa shape index (κ1) is 19.4. The summed E-state index contributed by atoms with van der Waals surface area (Å²) >= 11 is 0. The molecule has 1 saturated heterocycles. The fraction of sp³-hybridized carbons (Fsp3) is 0.381. The van der Waals surface area contributed by atoms with Crippen LogP contribution in [-0.2, 0) is 11.3 Å². The third-order valence-electron chi connectivity index (χ3n) is 5.05. The third kappa shape index (κ3) is 5.52. The second-order valence-corrected chi connectivity index (χ2v) is 7.13. The average Bonchev–Trinajstić information content (AvgIpc) is 3.22. The SMILES string of the molecule is O=C(CCN1CCN(Cc2ccc3c(c2)OCO3)CC1)NN=Cc1cccnc1. The zero-order valence-corrected chi connectivity index (χ0v) is 16.3. The van der Waals surface area contributed by atoms with E-state index in [1.807, 2.05) is 18.2 Å². The first-order chi connectivity index (χ1) is 14.3. The van der Waals surface area contributed by atoms with Crippen LogP contribution < -0.4 is 14.9 Å². The maximum absolute atomic E-state index is 12.0. The van der Waals surface area contributed by atoms with Crippen LogP contribution in [0.3, 0.4) is 0 Å². The average molecular weight is 395 g/mol. The first-order valence-corrected chi connectivity index (χ1v) is 9.81. The molecule has 1 amide bonds. The number of nitrogens with one attached hydrogen (secondary N) is 1. The number of piperazine rings is 1. The number of ether oxygens (including phenoxy) is 2. The molecule has 1 fully saturated rings. The van der Waals surface area contributed by atoms with E-state index in [4.69, 9.17) is 9.47 Å². The maximum Gasteiger partial charge on any atom is 0.241 e. The van der Waals surface area contributed by atoms with Crippen molar-refractivity contribution >= 4 is 12.1 Å². The molecular weight excluding hydrogens is 370 g/mol. The number of hydrazone groups is 1. The Bertz CT molecular complexity index is 851. The van der Waals surface area contributed by atoms with Crippen molar-refractivity contribution in [2.45, 2.75) is 13.0 Å². The van der Waals surface area contributed by atoms with Crippen LogP contribution in [0.1, 0.15) is 17.5 Å². The van der Waals surface area contributed by atoms with Gasteiger partial charge in [0, 0.05) is 63.6 Å². The van der Waals surface area contributed by atoms with Crippen LogP contribution >= 0.6 is 0 Å². The fourth-order valence-corrected chi connectivity index (χ4v) is 3.42. The number of aromatic nitrogens is 1. The van der Waals surface area contributed by atoms with Crippen LogP contribution in [0.15, 0.2) is 47.8 Å². The summed E-state index contributed by atoms with van der Waals surface area (Å²) in [6.45, 7) is 5.82. The number of carbonyl (C=O) groups is 1. The van der Waals surface area contributed by atoms with Gasteiger partial charge in [0.2, 0.25) is 12.7 Å². The Hall–Kier alpha value is -2.97. The molecular formula is C21H25N5O3. The highest BCUT2D eigenvalue weighted by Crippen LogP contribution is 2.32. The summed E-state index contributed by atoms with van der Waals surface area (Å²) in [5, 5.41) is 3.98. The Labute approximate surface area is 170 Å². The van der Waals surface area contributed by atoms with E-state index in [-0.39, 0.29) is 5.91 Å². The van der Waals surface area contributed by atoms with Gasteiger partial charge >= 0.3 is 0 Å². The topological polar surface area (TPSA) is 79.3 Å². The van der Waals surface area contributed by atoms with Gasteiger partial charge in [-0.3, -0.25) is 14.7 Å². The predicted molar refractivity (Wildman–Crippen MR) is 109 cm³/mol. The van der Waals surface area contributed by atoms with Gasteiger partial charge in [-0.2, -0.15) is 5.10 Å². The normalized spacial score (nSPS) is 17.0. The molecule has 3 heterocycles. The molecule has 8 nitrogen and oxygen atoms in total. The molecule has 2 aliphatic rings. The molecule has 0 aliphatic carbocycles. The van der Waals surface area contributed by atoms with Gasteiger partial charge in [0.1, 0.15) is 0 Å². The summed E-state index contributed by atoms with van der Waals surface area (Å²) in [5.74, 6) is 1.58. The van der Waals surface area contributed by atoms with E-state index in [9.17, 15) is 4.79 Å². The predicted octanol–water partition coefficient (Wildman–Crippen LogP) is 1.47. The molecule has 0 saturated carbocycles. The third-order valence-corrected chi connectivity index (χ3v) is 5.05. The minimum atomic E-state index is -0.0760. The van der Waals surface area contributed by atoms with Crippen molar-refractivity contribution in [2.24, 2.45) is 5.10 Å². The van der Waals surface area contributed by atoms with Crippen LogP contribution in [0.5, 0.6) is 11.5 Å². The number of fused-ring (bicyclic) bond motifs is 1. The molecule has 1 aromatic carbocycles. The summed E-state index contributed by atoms with van der Waals surface area (Å²) < 4.78 is 10.8.